The van der Waals surface area contributed by atoms with Crippen LogP contribution in [0.1, 0.15) is 65.5 Å². The van der Waals surface area contributed by atoms with E-state index in [0.29, 0.717) is 5.92 Å². The molecule has 0 aromatic heterocycles. The lowest BCUT2D eigenvalue weighted by molar-refractivity contribution is -0.0258. The van der Waals surface area contributed by atoms with Gasteiger partial charge in [0.05, 0.1) is 6.61 Å². The molecular formula is C28H40O2Si. The monoisotopic (exact) mass is 436 g/mol. The van der Waals surface area contributed by atoms with Gasteiger partial charge in [0.2, 0.25) is 0 Å². The van der Waals surface area contributed by atoms with Crippen molar-refractivity contribution in [2.24, 2.45) is 16.7 Å². The second-order valence-corrected chi connectivity index (χ2v) is 13.8. The zero-order valence-corrected chi connectivity index (χ0v) is 21.6. The van der Waals surface area contributed by atoms with Gasteiger partial charge >= 0.3 is 0 Å². The first kappa shape index (κ1) is 24.0. The first-order chi connectivity index (χ1) is 14.6. The van der Waals surface area contributed by atoms with E-state index in [1.807, 2.05) is 6.08 Å². The fraction of sp³-hybridized carbons (Fsp3) is 0.500. The van der Waals surface area contributed by atoms with Crippen molar-refractivity contribution < 1.29 is 9.53 Å². The van der Waals surface area contributed by atoms with Crippen molar-refractivity contribution >= 4 is 9.76 Å². The van der Waals surface area contributed by atoms with Crippen LogP contribution in [0.15, 0.2) is 72.8 Å². The lowest BCUT2D eigenvalue weighted by Gasteiger charge is -2.50. The molecule has 0 amide bonds. The normalized spacial score (nSPS) is 24.4. The molecule has 31 heavy (non-hydrogen) atoms. The van der Waals surface area contributed by atoms with Crippen molar-refractivity contribution in [3.63, 3.8) is 0 Å². The summed E-state index contributed by atoms with van der Waals surface area (Å²) in [5.41, 5.74) is 2.02. The van der Waals surface area contributed by atoms with Crippen molar-refractivity contribution in [1.82, 2.24) is 0 Å². The minimum atomic E-state index is -0.834. The third-order valence-electron chi connectivity index (χ3n) is 7.52. The Kier molecular flexibility index (Phi) is 7.00. The molecule has 2 aromatic rings. The van der Waals surface area contributed by atoms with Crippen molar-refractivity contribution in [3.8, 4) is 0 Å². The molecule has 1 aliphatic rings. The molecule has 0 bridgehead atoms. The van der Waals surface area contributed by atoms with Crippen LogP contribution in [0, 0.1) is 16.7 Å². The third-order valence-corrected chi connectivity index (χ3v) is 8.98. The van der Waals surface area contributed by atoms with E-state index in [2.05, 4.69) is 108 Å². The van der Waals surface area contributed by atoms with Gasteiger partial charge in [-0.1, -0.05) is 114 Å². The van der Waals surface area contributed by atoms with E-state index in [9.17, 15) is 5.11 Å². The number of benzene rings is 2. The van der Waals surface area contributed by atoms with Gasteiger partial charge in [0.25, 0.3) is 0 Å². The van der Waals surface area contributed by atoms with Gasteiger partial charge in [0.1, 0.15) is 5.60 Å². The van der Waals surface area contributed by atoms with E-state index in [0.717, 1.165) is 12.8 Å². The van der Waals surface area contributed by atoms with Gasteiger partial charge in [0, 0.05) is 5.92 Å². The molecule has 0 saturated heterocycles. The number of allylic oxidation sites excluding steroid dienone is 1. The Morgan fingerprint density at radius 1 is 0.968 bits per heavy atom. The molecule has 0 aliphatic heterocycles. The van der Waals surface area contributed by atoms with E-state index < -0.39 is 15.4 Å². The van der Waals surface area contributed by atoms with Crippen LogP contribution >= 0.6 is 0 Å². The van der Waals surface area contributed by atoms with Gasteiger partial charge in [-0.05, 0) is 39.8 Å². The number of hydrogen-bond acceptors (Lipinski definition) is 2. The SMILES string of the molecule is CC(C)(C)[SiH2]OC(c1ccccc1)(c1ccccc1)C1CCC(C)(C=CCO)C1(C)C. The largest absolute Gasteiger partial charge is 0.410 e. The summed E-state index contributed by atoms with van der Waals surface area (Å²) in [6.45, 7) is 14.1. The number of aliphatic hydroxyl groups is 1. The molecule has 1 fully saturated rings. The van der Waals surface area contributed by atoms with Crippen molar-refractivity contribution in [3.05, 3.63) is 83.9 Å². The summed E-state index contributed by atoms with van der Waals surface area (Å²) in [5.74, 6) is 0.313. The van der Waals surface area contributed by atoms with Crippen molar-refractivity contribution in [1.29, 1.82) is 0 Å². The molecular weight excluding hydrogens is 396 g/mol. The standard InChI is InChI=1S/C28H40O2Si/c1-25(2,3)31-30-28(22-14-9-7-10-15-22,23-16-11-8-12-17-23)24-18-20-27(6,19-13-21-29)26(24,4)5/h7-17,19,24,29H,18,20-21,31H2,1-6H3. The molecule has 3 rings (SSSR count). The summed E-state index contributed by atoms with van der Waals surface area (Å²) >= 11 is 0. The van der Waals surface area contributed by atoms with Crippen LogP contribution < -0.4 is 0 Å². The predicted molar refractivity (Wildman–Crippen MR) is 134 cm³/mol. The lowest BCUT2D eigenvalue weighted by Crippen LogP contribution is -2.48. The number of rotatable bonds is 7. The molecule has 2 aromatic carbocycles. The maximum absolute atomic E-state index is 9.46. The second-order valence-electron chi connectivity index (χ2n) is 11.1. The summed E-state index contributed by atoms with van der Waals surface area (Å²) in [4.78, 5) is 0. The van der Waals surface area contributed by atoms with Crippen LogP contribution in [0.4, 0.5) is 0 Å². The zero-order chi connectivity index (χ0) is 22.8. The van der Waals surface area contributed by atoms with Gasteiger partial charge in [-0.15, -0.1) is 0 Å². The van der Waals surface area contributed by atoms with E-state index in [4.69, 9.17) is 4.43 Å². The number of hydrogen-bond donors (Lipinski definition) is 1. The molecule has 2 atom stereocenters. The van der Waals surface area contributed by atoms with Gasteiger partial charge in [0.15, 0.2) is 9.76 Å². The minimum absolute atomic E-state index is 0.00184. The van der Waals surface area contributed by atoms with Crippen LogP contribution in [0.5, 0.6) is 0 Å². The first-order valence-corrected chi connectivity index (χ1v) is 12.9. The highest BCUT2D eigenvalue weighted by molar-refractivity contribution is 6.32. The number of aliphatic hydroxyl groups excluding tert-OH is 1. The summed E-state index contributed by atoms with van der Waals surface area (Å²) < 4.78 is 7.25. The molecule has 1 saturated carbocycles. The van der Waals surface area contributed by atoms with Crippen LogP contribution in [0.3, 0.4) is 0 Å². The Balaban J connectivity index is 2.23. The van der Waals surface area contributed by atoms with Gasteiger partial charge in [-0.25, -0.2) is 0 Å². The average molecular weight is 437 g/mol. The molecule has 0 heterocycles. The second kappa shape index (κ2) is 9.05. The van der Waals surface area contributed by atoms with E-state index in [1.165, 1.54) is 11.1 Å². The molecule has 3 heteroatoms. The van der Waals surface area contributed by atoms with Crippen LogP contribution in [-0.4, -0.2) is 21.5 Å². The fourth-order valence-corrected chi connectivity index (χ4v) is 6.58. The summed E-state index contributed by atoms with van der Waals surface area (Å²) in [6.07, 6.45) is 6.33. The van der Waals surface area contributed by atoms with Crippen molar-refractivity contribution in [2.45, 2.75) is 65.0 Å². The highest BCUT2D eigenvalue weighted by Gasteiger charge is 2.59. The summed E-state index contributed by atoms with van der Waals surface area (Å²) in [6, 6.07) is 21.7. The van der Waals surface area contributed by atoms with Crippen LogP contribution in [0.25, 0.3) is 0 Å². The molecule has 0 radical (unpaired) electrons. The molecule has 0 spiro atoms. The highest BCUT2D eigenvalue weighted by atomic mass is 28.2. The Morgan fingerprint density at radius 2 is 1.48 bits per heavy atom. The van der Waals surface area contributed by atoms with Crippen LogP contribution in [-0.2, 0) is 10.0 Å². The van der Waals surface area contributed by atoms with Gasteiger partial charge in [-0.3, -0.25) is 0 Å². The zero-order valence-electron chi connectivity index (χ0n) is 20.2. The molecule has 2 nitrogen and oxygen atoms in total. The summed E-state index contributed by atoms with van der Waals surface area (Å²) in [7, 11) is -0.834. The Labute approximate surface area is 191 Å². The molecule has 1 aliphatic carbocycles. The van der Waals surface area contributed by atoms with E-state index in [-0.39, 0.29) is 22.5 Å². The topological polar surface area (TPSA) is 29.5 Å². The summed E-state index contributed by atoms with van der Waals surface area (Å²) in [5, 5.41) is 9.65. The lowest BCUT2D eigenvalue weighted by atomic mass is 9.59. The van der Waals surface area contributed by atoms with E-state index >= 15 is 0 Å². The minimum Gasteiger partial charge on any atom is -0.410 e. The maximum Gasteiger partial charge on any atom is 0.168 e. The third kappa shape index (κ3) is 4.60. The van der Waals surface area contributed by atoms with Gasteiger partial charge < -0.3 is 9.53 Å². The van der Waals surface area contributed by atoms with E-state index in [1.54, 1.807) is 0 Å². The van der Waals surface area contributed by atoms with Gasteiger partial charge in [-0.2, -0.15) is 0 Å². The average Bonchev–Trinajstić information content (AvgIpc) is 2.98. The Hall–Kier alpha value is -1.68. The molecule has 1 N–H and O–H groups in total. The Bertz CT molecular complexity index is 827. The fourth-order valence-electron chi connectivity index (χ4n) is 5.39. The highest BCUT2D eigenvalue weighted by Crippen LogP contribution is 2.64. The predicted octanol–water partition coefficient (Wildman–Crippen LogP) is 6.24. The van der Waals surface area contributed by atoms with Crippen molar-refractivity contribution in [2.75, 3.05) is 6.61 Å². The smallest absolute Gasteiger partial charge is 0.168 e. The maximum atomic E-state index is 9.46. The quantitative estimate of drug-likeness (QED) is 0.411. The van der Waals surface area contributed by atoms with Crippen LogP contribution in [0.2, 0.25) is 5.04 Å². The molecule has 2 unspecified atom stereocenters. The first-order valence-electron chi connectivity index (χ1n) is 11.6. The molecule has 168 valence electrons. The Morgan fingerprint density at radius 3 is 1.94 bits per heavy atom.